The number of anilines is 1. The van der Waals surface area contributed by atoms with Gasteiger partial charge in [0.25, 0.3) is 0 Å². The lowest BCUT2D eigenvalue weighted by atomic mass is 9.64. The molecule has 0 amide bonds. The lowest BCUT2D eigenvalue weighted by Crippen LogP contribution is -2.42. The lowest BCUT2D eigenvalue weighted by Gasteiger charge is -2.38. The quantitative estimate of drug-likeness (QED) is 0.694. The molecule has 2 aliphatic carbocycles. The molecule has 0 atom stereocenters. The number of benzene rings is 1. The first-order valence-electron chi connectivity index (χ1n) is 11.4. The van der Waals surface area contributed by atoms with E-state index in [0.717, 1.165) is 81.9 Å². The highest BCUT2D eigenvalue weighted by Crippen LogP contribution is 2.44. The molecule has 2 saturated carbocycles. The van der Waals surface area contributed by atoms with Crippen LogP contribution in [-0.4, -0.2) is 48.0 Å². The van der Waals surface area contributed by atoms with Crippen molar-refractivity contribution in [1.29, 1.82) is 0 Å². The van der Waals surface area contributed by atoms with Gasteiger partial charge in [-0.15, -0.1) is 0 Å². The Kier molecular flexibility index (Phi) is 6.46. The molecule has 0 bridgehead atoms. The zero-order chi connectivity index (χ0) is 21.8. The van der Waals surface area contributed by atoms with Crippen LogP contribution in [-0.2, 0) is 14.9 Å². The molecule has 0 spiro atoms. The van der Waals surface area contributed by atoms with Gasteiger partial charge in [0, 0.05) is 30.2 Å². The van der Waals surface area contributed by atoms with Crippen LogP contribution in [0.1, 0.15) is 57.9 Å². The predicted octanol–water partition coefficient (Wildman–Crippen LogP) is 4.70. The molecule has 1 heterocycles. The summed E-state index contributed by atoms with van der Waals surface area (Å²) < 4.78 is 5.49. The second kappa shape index (κ2) is 9.27. The minimum atomic E-state index is -0.712. The van der Waals surface area contributed by atoms with E-state index in [1.165, 1.54) is 17.0 Å². The fourth-order valence-corrected chi connectivity index (χ4v) is 4.82. The van der Waals surface area contributed by atoms with E-state index in [4.69, 9.17) is 9.73 Å². The highest BCUT2D eigenvalue weighted by atomic mass is 16.5. The molecule has 3 aliphatic rings. The van der Waals surface area contributed by atoms with Crippen LogP contribution in [0.5, 0.6) is 0 Å². The Bertz CT molecular complexity index is 904. The molecule has 6 nitrogen and oxygen atoms in total. The summed E-state index contributed by atoms with van der Waals surface area (Å²) in [7, 11) is 0. The highest BCUT2D eigenvalue weighted by molar-refractivity contribution is 6.03. The number of allylic oxidation sites excluding steroid dienone is 3. The maximum absolute atomic E-state index is 11.7. The molecule has 1 aromatic carbocycles. The summed E-state index contributed by atoms with van der Waals surface area (Å²) in [6, 6.07) is 7.82. The Hall–Kier alpha value is -2.60. The van der Waals surface area contributed by atoms with Crippen molar-refractivity contribution in [2.24, 2.45) is 4.99 Å². The number of morpholine rings is 1. The molecule has 0 unspecified atom stereocenters. The third-order valence-corrected chi connectivity index (χ3v) is 6.97. The molecule has 31 heavy (non-hydrogen) atoms. The fraction of sp³-hybridized carbons (Fsp3) is 0.520. The minimum absolute atomic E-state index is 0.692. The number of carboxylic acid groups (broad SMARTS) is 1. The summed E-state index contributed by atoms with van der Waals surface area (Å²) in [5.41, 5.74) is 5.00. The van der Waals surface area contributed by atoms with E-state index in [1.54, 1.807) is 0 Å². The predicted molar refractivity (Wildman–Crippen MR) is 123 cm³/mol. The van der Waals surface area contributed by atoms with Gasteiger partial charge in [-0.1, -0.05) is 18.6 Å². The maximum Gasteiger partial charge on any atom is 0.314 e. The Balaban J connectivity index is 1.49. The van der Waals surface area contributed by atoms with Crippen molar-refractivity contribution in [3.63, 3.8) is 0 Å². The third kappa shape index (κ3) is 4.40. The summed E-state index contributed by atoms with van der Waals surface area (Å²) in [6.07, 6.45) is 7.62. The summed E-state index contributed by atoms with van der Waals surface area (Å²) in [6.45, 7) is 7.67. The molecular weight excluding hydrogens is 390 g/mol. The summed E-state index contributed by atoms with van der Waals surface area (Å²) in [5.74, 6) is 0.115. The first-order chi connectivity index (χ1) is 15.0. The number of aliphatic carboxylic acids is 1. The van der Waals surface area contributed by atoms with Crippen LogP contribution in [0, 0.1) is 0 Å². The van der Waals surface area contributed by atoms with Crippen molar-refractivity contribution in [3.05, 3.63) is 53.0 Å². The van der Waals surface area contributed by atoms with Gasteiger partial charge in [0.2, 0.25) is 0 Å². The van der Waals surface area contributed by atoms with E-state index in [0.29, 0.717) is 0 Å². The molecule has 3 fully saturated rings. The van der Waals surface area contributed by atoms with Gasteiger partial charge in [-0.2, -0.15) is 0 Å². The number of carboxylic acids is 1. The van der Waals surface area contributed by atoms with Crippen LogP contribution in [0.4, 0.5) is 5.69 Å². The van der Waals surface area contributed by atoms with E-state index in [-0.39, 0.29) is 0 Å². The van der Waals surface area contributed by atoms with Crippen molar-refractivity contribution in [2.75, 3.05) is 31.6 Å². The van der Waals surface area contributed by atoms with E-state index in [2.05, 4.69) is 17.1 Å². The van der Waals surface area contributed by atoms with Crippen LogP contribution in [0.2, 0.25) is 0 Å². The van der Waals surface area contributed by atoms with Crippen molar-refractivity contribution in [2.45, 2.75) is 57.8 Å². The van der Waals surface area contributed by atoms with Gasteiger partial charge in [0.05, 0.1) is 18.6 Å². The molecule has 2 N–H and O–H groups in total. The first kappa shape index (κ1) is 21.6. The van der Waals surface area contributed by atoms with Gasteiger partial charge in [-0.3, -0.25) is 4.79 Å². The Morgan fingerprint density at radius 3 is 2.45 bits per heavy atom. The Morgan fingerprint density at radius 1 is 1.16 bits per heavy atom. The van der Waals surface area contributed by atoms with Crippen molar-refractivity contribution in [3.8, 4) is 0 Å². The zero-order valence-corrected chi connectivity index (χ0v) is 18.6. The normalized spacial score (nSPS) is 24.1. The van der Waals surface area contributed by atoms with Crippen LogP contribution in [0.3, 0.4) is 0 Å². The molecule has 1 aliphatic heterocycles. The standard InChI is InChI=1S/C25H33N3O3/c1-3-23(26-20-10-8-19(9-11-20)25(24(29)30)12-5-13-25)27-22-7-4-6-21(22)18(2)28-14-16-31-17-15-28/h3,8-11,26H,4-7,12-17H2,1-2H3,(H,29,30)/b21-18+,23-3-,27-22-. The number of rotatable bonds is 6. The molecule has 1 saturated heterocycles. The van der Waals surface area contributed by atoms with Gasteiger partial charge < -0.3 is 20.1 Å². The maximum atomic E-state index is 11.7. The molecule has 166 valence electrons. The van der Waals surface area contributed by atoms with Gasteiger partial charge >= 0.3 is 5.97 Å². The smallest absolute Gasteiger partial charge is 0.314 e. The van der Waals surface area contributed by atoms with Crippen molar-refractivity contribution in [1.82, 2.24) is 4.90 Å². The molecular formula is C25H33N3O3. The SMILES string of the molecule is C\C=C(/N=C1/CCC/C1=C(/C)N1CCOCC1)Nc1ccc(C2(C(=O)O)CCC2)cc1. The molecule has 4 rings (SSSR count). The van der Waals surface area contributed by atoms with Crippen molar-refractivity contribution >= 4 is 17.4 Å². The van der Waals surface area contributed by atoms with Crippen molar-refractivity contribution < 1.29 is 14.6 Å². The van der Waals surface area contributed by atoms with E-state index in [1.807, 2.05) is 37.3 Å². The van der Waals surface area contributed by atoms with Crippen LogP contribution in [0.15, 0.2) is 52.4 Å². The molecule has 0 aromatic heterocycles. The lowest BCUT2D eigenvalue weighted by molar-refractivity contribution is -0.147. The highest BCUT2D eigenvalue weighted by Gasteiger charge is 2.45. The zero-order valence-electron chi connectivity index (χ0n) is 18.6. The third-order valence-electron chi connectivity index (χ3n) is 6.97. The summed E-state index contributed by atoms with van der Waals surface area (Å²) >= 11 is 0. The second-order valence-corrected chi connectivity index (χ2v) is 8.69. The van der Waals surface area contributed by atoms with Gasteiger partial charge in [-0.25, -0.2) is 4.99 Å². The Morgan fingerprint density at radius 2 is 1.87 bits per heavy atom. The number of aliphatic imine (C=N–C) groups is 1. The summed E-state index contributed by atoms with van der Waals surface area (Å²) in [5, 5.41) is 13.1. The average molecular weight is 424 g/mol. The number of nitrogens with one attached hydrogen (secondary N) is 1. The van der Waals surface area contributed by atoms with Crippen LogP contribution < -0.4 is 5.32 Å². The number of hydrogen-bond acceptors (Lipinski definition) is 5. The molecule has 1 aromatic rings. The topological polar surface area (TPSA) is 74.2 Å². The molecule has 0 radical (unpaired) electrons. The second-order valence-electron chi connectivity index (χ2n) is 8.69. The van der Waals surface area contributed by atoms with Gasteiger partial charge in [0.15, 0.2) is 0 Å². The number of ether oxygens (including phenoxy) is 1. The monoisotopic (exact) mass is 423 g/mol. The largest absolute Gasteiger partial charge is 0.481 e. The van der Waals surface area contributed by atoms with E-state index < -0.39 is 11.4 Å². The number of hydrogen-bond donors (Lipinski definition) is 2. The van der Waals surface area contributed by atoms with E-state index in [9.17, 15) is 9.90 Å². The van der Waals surface area contributed by atoms with Gasteiger partial charge in [0.1, 0.15) is 5.82 Å². The fourth-order valence-electron chi connectivity index (χ4n) is 4.82. The average Bonchev–Trinajstić information content (AvgIpc) is 3.21. The summed E-state index contributed by atoms with van der Waals surface area (Å²) in [4.78, 5) is 19.1. The Labute approximate surface area is 184 Å². The first-order valence-corrected chi connectivity index (χ1v) is 11.4. The van der Waals surface area contributed by atoms with Crippen LogP contribution in [0.25, 0.3) is 0 Å². The minimum Gasteiger partial charge on any atom is -0.481 e. The van der Waals surface area contributed by atoms with Crippen LogP contribution >= 0.6 is 0 Å². The number of carbonyl (C=O) groups is 1. The molecule has 6 heteroatoms. The van der Waals surface area contributed by atoms with E-state index >= 15 is 0 Å². The van der Waals surface area contributed by atoms with Gasteiger partial charge in [-0.05, 0) is 75.3 Å². The number of nitrogens with zero attached hydrogens (tertiary/aromatic N) is 2.